The van der Waals surface area contributed by atoms with Crippen molar-refractivity contribution in [3.63, 3.8) is 0 Å². The molecular formula is C13H9F6N3. The molecule has 1 heterocycles. The Bertz CT molecular complexity index is 684. The third kappa shape index (κ3) is 3.03. The van der Waals surface area contributed by atoms with E-state index in [1.165, 1.54) is 0 Å². The molecule has 0 atom stereocenters. The molecule has 0 aliphatic carbocycles. The first-order valence-corrected chi connectivity index (χ1v) is 5.95. The van der Waals surface area contributed by atoms with Crippen LogP contribution >= 0.6 is 0 Å². The first kappa shape index (κ1) is 16.2. The molecule has 3 nitrogen and oxygen atoms in total. The van der Waals surface area contributed by atoms with Crippen molar-refractivity contribution >= 4 is 0 Å². The lowest BCUT2D eigenvalue weighted by Gasteiger charge is -2.15. The number of halogens is 6. The fourth-order valence-corrected chi connectivity index (χ4v) is 1.85. The number of benzene rings is 1. The van der Waals surface area contributed by atoms with Gasteiger partial charge in [0.25, 0.3) is 6.43 Å². The van der Waals surface area contributed by atoms with E-state index in [0.29, 0.717) is 6.07 Å². The zero-order valence-electron chi connectivity index (χ0n) is 10.8. The second-order valence-electron chi connectivity index (χ2n) is 4.27. The highest BCUT2D eigenvalue weighted by Gasteiger charge is 2.36. The maximum absolute atomic E-state index is 14.2. The molecule has 0 radical (unpaired) electrons. The molecule has 0 amide bonds. The van der Waals surface area contributed by atoms with Crippen molar-refractivity contribution in [3.05, 3.63) is 47.0 Å². The van der Waals surface area contributed by atoms with Crippen LogP contribution in [0.25, 0.3) is 11.4 Å². The zero-order chi connectivity index (χ0) is 16.5. The molecule has 0 spiro atoms. The topological polar surface area (TPSA) is 51.8 Å². The summed E-state index contributed by atoms with van der Waals surface area (Å²) in [6, 6.07) is 2.35. The number of hydrogen-bond acceptors (Lipinski definition) is 3. The van der Waals surface area contributed by atoms with Crippen LogP contribution in [0.4, 0.5) is 26.3 Å². The van der Waals surface area contributed by atoms with Crippen molar-refractivity contribution in [1.82, 2.24) is 9.97 Å². The highest BCUT2D eigenvalue weighted by atomic mass is 19.4. The molecule has 118 valence electrons. The summed E-state index contributed by atoms with van der Waals surface area (Å²) in [5.74, 6) is -2.04. The minimum absolute atomic E-state index is 0.200. The average molecular weight is 321 g/mol. The molecular weight excluding hydrogens is 312 g/mol. The zero-order valence-corrected chi connectivity index (χ0v) is 10.8. The van der Waals surface area contributed by atoms with Crippen LogP contribution < -0.4 is 5.73 Å². The van der Waals surface area contributed by atoms with Crippen molar-refractivity contribution < 1.29 is 26.3 Å². The fraction of sp³-hybridized carbons (Fsp3) is 0.231. The Hall–Kier alpha value is -2.16. The van der Waals surface area contributed by atoms with Gasteiger partial charge in [0.2, 0.25) is 0 Å². The molecule has 0 unspecified atom stereocenters. The number of alkyl halides is 5. The van der Waals surface area contributed by atoms with Gasteiger partial charge in [-0.3, -0.25) is 0 Å². The van der Waals surface area contributed by atoms with E-state index in [1.54, 1.807) is 0 Å². The number of rotatable bonds is 3. The van der Waals surface area contributed by atoms with Gasteiger partial charge in [-0.05, 0) is 12.1 Å². The molecule has 0 aliphatic heterocycles. The molecule has 1 aromatic heterocycles. The van der Waals surface area contributed by atoms with Gasteiger partial charge in [-0.25, -0.2) is 23.1 Å². The van der Waals surface area contributed by atoms with Gasteiger partial charge >= 0.3 is 6.18 Å². The van der Waals surface area contributed by atoms with E-state index in [9.17, 15) is 26.3 Å². The summed E-state index contributed by atoms with van der Waals surface area (Å²) in [7, 11) is 0. The van der Waals surface area contributed by atoms with Crippen molar-refractivity contribution in [2.75, 3.05) is 0 Å². The molecule has 0 aliphatic rings. The summed E-state index contributed by atoms with van der Waals surface area (Å²) in [4.78, 5) is 6.79. The smallest absolute Gasteiger partial charge is 0.326 e. The molecule has 0 fully saturated rings. The first-order valence-electron chi connectivity index (χ1n) is 5.95. The predicted octanol–water partition coefficient (Wildman–Crippen LogP) is 3.70. The number of hydrogen-bond donors (Lipinski definition) is 1. The van der Waals surface area contributed by atoms with Gasteiger partial charge in [-0.2, -0.15) is 13.2 Å². The monoisotopic (exact) mass is 321 g/mol. The highest BCUT2D eigenvalue weighted by Crippen LogP contribution is 2.38. The van der Waals surface area contributed by atoms with E-state index in [1.807, 2.05) is 0 Å². The predicted molar refractivity (Wildman–Crippen MR) is 65.3 cm³/mol. The molecule has 0 bridgehead atoms. The lowest BCUT2D eigenvalue weighted by molar-refractivity contribution is -0.137. The SMILES string of the molecule is NCc1ccc(C(F)(F)F)c(-c2nccc(C(F)F)n2)c1F. The standard InChI is InChI=1S/C13H9F6N3/c14-10-6(5-20)1-2-7(13(17,18)19)9(10)12-21-4-3-8(22-12)11(15)16/h1-4,11H,5,20H2. The van der Waals surface area contributed by atoms with E-state index in [4.69, 9.17) is 5.73 Å². The van der Waals surface area contributed by atoms with E-state index in [-0.39, 0.29) is 12.1 Å². The van der Waals surface area contributed by atoms with E-state index in [0.717, 1.165) is 18.3 Å². The largest absolute Gasteiger partial charge is 0.417 e. The van der Waals surface area contributed by atoms with Gasteiger partial charge in [0.05, 0.1) is 11.1 Å². The quantitative estimate of drug-likeness (QED) is 0.877. The second kappa shape index (κ2) is 5.91. The lowest BCUT2D eigenvalue weighted by Crippen LogP contribution is -2.13. The summed E-state index contributed by atoms with van der Waals surface area (Å²) in [6.45, 7) is -0.356. The first-order chi connectivity index (χ1) is 10.3. The molecule has 22 heavy (non-hydrogen) atoms. The van der Waals surface area contributed by atoms with Crippen molar-refractivity contribution in [1.29, 1.82) is 0 Å². The lowest BCUT2D eigenvalue weighted by atomic mass is 10.0. The van der Waals surface area contributed by atoms with E-state index in [2.05, 4.69) is 9.97 Å². The summed E-state index contributed by atoms with van der Waals surface area (Å²) in [5.41, 5.74) is 1.92. The van der Waals surface area contributed by atoms with Crippen LogP contribution in [0.1, 0.15) is 23.2 Å². The molecule has 0 saturated heterocycles. The van der Waals surface area contributed by atoms with Gasteiger partial charge in [0.1, 0.15) is 11.5 Å². The molecule has 1 aromatic carbocycles. The van der Waals surface area contributed by atoms with Crippen molar-refractivity contribution in [2.24, 2.45) is 5.73 Å². The Kier molecular flexibility index (Phi) is 4.36. The van der Waals surface area contributed by atoms with E-state index < -0.39 is 41.1 Å². The summed E-state index contributed by atoms with van der Waals surface area (Å²) < 4.78 is 78.5. The van der Waals surface area contributed by atoms with E-state index >= 15 is 0 Å². The minimum Gasteiger partial charge on any atom is -0.326 e. The maximum Gasteiger partial charge on any atom is 0.417 e. The summed E-state index contributed by atoms with van der Waals surface area (Å²) in [5, 5.41) is 0. The van der Waals surface area contributed by atoms with Crippen molar-refractivity contribution in [3.8, 4) is 11.4 Å². The fourth-order valence-electron chi connectivity index (χ4n) is 1.85. The normalized spacial score (nSPS) is 12.0. The second-order valence-corrected chi connectivity index (χ2v) is 4.27. The van der Waals surface area contributed by atoms with Crippen LogP contribution in [0.5, 0.6) is 0 Å². The van der Waals surface area contributed by atoms with Gasteiger partial charge in [0.15, 0.2) is 5.82 Å². The van der Waals surface area contributed by atoms with Crippen LogP contribution in [-0.2, 0) is 12.7 Å². The van der Waals surface area contributed by atoms with Crippen LogP contribution in [0.3, 0.4) is 0 Å². The van der Waals surface area contributed by atoms with Crippen LogP contribution in [-0.4, -0.2) is 9.97 Å². The molecule has 2 N–H and O–H groups in total. The Morgan fingerprint density at radius 3 is 2.36 bits per heavy atom. The third-order valence-corrected chi connectivity index (χ3v) is 2.87. The number of nitrogens with two attached hydrogens (primary N) is 1. The molecule has 2 rings (SSSR count). The number of aromatic nitrogens is 2. The number of nitrogens with zero attached hydrogens (tertiary/aromatic N) is 2. The van der Waals surface area contributed by atoms with Gasteiger partial charge in [0, 0.05) is 18.3 Å². The van der Waals surface area contributed by atoms with Gasteiger partial charge < -0.3 is 5.73 Å². The average Bonchev–Trinajstić information content (AvgIpc) is 2.46. The Labute approximate surface area is 120 Å². The van der Waals surface area contributed by atoms with Crippen LogP contribution in [0.2, 0.25) is 0 Å². The third-order valence-electron chi connectivity index (χ3n) is 2.87. The van der Waals surface area contributed by atoms with Gasteiger partial charge in [-0.1, -0.05) is 6.07 Å². The Morgan fingerprint density at radius 1 is 1.14 bits per heavy atom. The van der Waals surface area contributed by atoms with Gasteiger partial charge in [-0.15, -0.1) is 0 Å². The summed E-state index contributed by atoms with van der Waals surface area (Å²) >= 11 is 0. The minimum atomic E-state index is -4.90. The highest BCUT2D eigenvalue weighted by molar-refractivity contribution is 5.63. The maximum atomic E-state index is 14.2. The Balaban J connectivity index is 2.74. The van der Waals surface area contributed by atoms with Crippen LogP contribution in [0.15, 0.2) is 24.4 Å². The van der Waals surface area contributed by atoms with Crippen LogP contribution in [0, 0.1) is 5.82 Å². The molecule has 0 saturated carbocycles. The molecule has 2 aromatic rings. The molecule has 9 heteroatoms. The summed E-state index contributed by atoms with van der Waals surface area (Å²) in [6.07, 6.45) is -7.07. The Morgan fingerprint density at radius 2 is 1.82 bits per heavy atom. The van der Waals surface area contributed by atoms with Crippen molar-refractivity contribution in [2.45, 2.75) is 19.1 Å².